The van der Waals surface area contributed by atoms with Gasteiger partial charge in [0.1, 0.15) is 11.5 Å². The highest BCUT2D eigenvalue weighted by Crippen LogP contribution is 2.26. The maximum atomic E-state index is 10.8. The minimum Gasteiger partial charge on any atom is -0.492 e. The minimum absolute atomic E-state index is 0.0248. The molecule has 2 aromatic heterocycles. The fourth-order valence-electron chi connectivity index (χ4n) is 3.20. The third-order valence-electron chi connectivity index (χ3n) is 4.69. The molecule has 148 valence electrons. The van der Waals surface area contributed by atoms with Crippen LogP contribution < -0.4 is 4.74 Å². The number of nitrogens with zero attached hydrogens (tertiary/aromatic N) is 3. The summed E-state index contributed by atoms with van der Waals surface area (Å²) in [6, 6.07) is 15.5. The fourth-order valence-corrected chi connectivity index (χ4v) is 3.20. The molecule has 0 saturated heterocycles. The van der Waals surface area contributed by atoms with Crippen molar-refractivity contribution in [1.29, 1.82) is 0 Å². The number of carboxylic acid groups (broad SMARTS) is 1. The van der Waals surface area contributed by atoms with Crippen LogP contribution in [0.1, 0.15) is 17.9 Å². The first-order valence-corrected chi connectivity index (χ1v) is 9.42. The molecule has 2 heterocycles. The van der Waals surface area contributed by atoms with Gasteiger partial charge >= 0.3 is 5.97 Å². The van der Waals surface area contributed by atoms with Crippen molar-refractivity contribution in [2.24, 2.45) is 0 Å². The maximum Gasteiger partial charge on any atom is 0.305 e. The number of rotatable bonds is 8. The van der Waals surface area contributed by atoms with Crippen molar-refractivity contribution >= 4 is 16.9 Å². The van der Waals surface area contributed by atoms with E-state index in [1.54, 1.807) is 10.9 Å². The van der Waals surface area contributed by atoms with Gasteiger partial charge in [-0.25, -0.2) is 4.98 Å². The van der Waals surface area contributed by atoms with E-state index in [-0.39, 0.29) is 6.42 Å². The lowest BCUT2D eigenvalue weighted by Gasteiger charge is -2.07. The number of aryl methyl sites for hydroxylation is 2. The molecule has 0 unspecified atom stereocenters. The first kappa shape index (κ1) is 18.7. The van der Waals surface area contributed by atoms with Gasteiger partial charge in [0, 0.05) is 12.0 Å². The number of hydrogen-bond donors (Lipinski definition) is 1. The van der Waals surface area contributed by atoms with Crippen molar-refractivity contribution in [2.75, 3.05) is 6.61 Å². The van der Waals surface area contributed by atoms with Gasteiger partial charge in [-0.1, -0.05) is 24.3 Å². The average Bonchev–Trinajstić information content (AvgIpc) is 3.31. The molecular weight excluding hydrogens is 370 g/mol. The SMILES string of the molecule is Cc1oc(-c2ccccc2)nc1CCOc1cccc2c1cnn2CCC(=O)O. The second-order valence-electron chi connectivity index (χ2n) is 6.69. The van der Waals surface area contributed by atoms with Gasteiger partial charge in [0.15, 0.2) is 0 Å². The van der Waals surface area contributed by atoms with Crippen molar-refractivity contribution in [3.63, 3.8) is 0 Å². The quantitative estimate of drug-likeness (QED) is 0.486. The number of benzene rings is 2. The van der Waals surface area contributed by atoms with Crippen LogP contribution in [-0.2, 0) is 17.8 Å². The Hall–Kier alpha value is -3.61. The summed E-state index contributed by atoms with van der Waals surface area (Å²) in [4.78, 5) is 15.4. The first-order chi connectivity index (χ1) is 14.1. The van der Waals surface area contributed by atoms with E-state index in [4.69, 9.17) is 14.3 Å². The molecule has 7 nitrogen and oxygen atoms in total. The van der Waals surface area contributed by atoms with Gasteiger partial charge in [0.2, 0.25) is 5.89 Å². The summed E-state index contributed by atoms with van der Waals surface area (Å²) in [5.41, 5.74) is 2.67. The Labute approximate surface area is 167 Å². The molecule has 0 bridgehead atoms. The number of carboxylic acids is 1. The van der Waals surface area contributed by atoms with Crippen LogP contribution in [0.2, 0.25) is 0 Å². The Morgan fingerprint density at radius 1 is 1.17 bits per heavy atom. The Bertz CT molecular complexity index is 1130. The van der Waals surface area contributed by atoms with Gasteiger partial charge in [-0.15, -0.1) is 0 Å². The second-order valence-corrected chi connectivity index (χ2v) is 6.69. The molecule has 29 heavy (non-hydrogen) atoms. The first-order valence-electron chi connectivity index (χ1n) is 9.42. The van der Waals surface area contributed by atoms with E-state index in [2.05, 4.69) is 10.1 Å². The summed E-state index contributed by atoms with van der Waals surface area (Å²) in [7, 11) is 0. The van der Waals surface area contributed by atoms with E-state index in [0.717, 1.165) is 27.9 Å². The van der Waals surface area contributed by atoms with Crippen LogP contribution in [0.5, 0.6) is 5.75 Å². The van der Waals surface area contributed by atoms with Crippen molar-refractivity contribution in [2.45, 2.75) is 26.3 Å². The molecule has 4 aromatic rings. The van der Waals surface area contributed by atoms with E-state index >= 15 is 0 Å². The van der Waals surface area contributed by atoms with E-state index in [1.807, 2.05) is 55.5 Å². The predicted molar refractivity (Wildman–Crippen MR) is 108 cm³/mol. The molecule has 2 aromatic carbocycles. The standard InChI is InChI=1S/C22H21N3O4/c1-15-18(24-22(29-15)16-6-3-2-4-7-16)11-13-28-20-9-5-8-19-17(20)14-23-25(19)12-10-21(26)27/h2-9,14H,10-13H2,1H3,(H,26,27). The topological polar surface area (TPSA) is 90.4 Å². The molecule has 0 amide bonds. The van der Waals surface area contributed by atoms with Crippen LogP contribution in [0.4, 0.5) is 0 Å². The van der Waals surface area contributed by atoms with Crippen molar-refractivity contribution < 1.29 is 19.1 Å². The molecule has 7 heteroatoms. The zero-order valence-electron chi connectivity index (χ0n) is 16.0. The summed E-state index contributed by atoms with van der Waals surface area (Å²) < 4.78 is 13.5. The number of hydrogen-bond acceptors (Lipinski definition) is 5. The van der Waals surface area contributed by atoms with Crippen LogP contribution in [0.15, 0.2) is 59.1 Å². The molecule has 0 atom stereocenters. The van der Waals surface area contributed by atoms with Crippen molar-refractivity contribution in [3.8, 4) is 17.2 Å². The second kappa shape index (κ2) is 8.18. The summed E-state index contributed by atoms with van der Waals surface area (Å²) in [6.45, 7) is 2.67. The highest BCUT2D eigenvalue weighted by atomic mass is 16.5. The lowest BCUT2D eigenvalue weighted by Crippen LogP contribution is -2.06. The van der Waals surface area contributed by atoms with Gasteiger partial charge < -0.3 is 14.3 Å². The third-order valence-corrected chi connectivity index (χ3v) is 4.69. The number of carbonyl (C=O) groups is 1. The highest BCUT2D eigenvalue weighted by molar-refractivity contribution is 5.85. The zero-order valence-corrected chi connectivity index (χ0v) is 16.0. The van der Waals surface area contributed by atoms with Crippen LogP contribution >= 0.6 is 0 Å². The largest absolute Gasteiger partial charge is 0.492 e. The van der Waals surface area contributed by atoms with Crippen molar-refractivity contribution in [3.05, 3.63) is 66.2 Å². The lowest BCUT2D eigenvalue weighted by atomic mass is 10.2. The predicted octanol–water partition coefficient (Wildman–Crippen LogP) is 4.10. The summed E-state index contributed by atoms with van der Waals surface area (Å²) in [5, 5.41) is 14.0. The van der Waals surface area contributed by atoms with Crippen LogP contribution in [0, 0.1) is 6.92 Å². The Kier molecular flexibility index (Phi) is 5.29. The third kappa shape index (κ3) is 4.13. The van der Waals surface area contributed by atoms with Gasteiger partial charge in [-0.2, -0.15) is 5.10 Å². The van der Waals surface area contributed by atoms with E-state index in [0.29, 0.717) is 31.2 Å². The Morgan fingerprint density at radius 3 is 2.79 bits per heavy atom. The molecule has 0 spiro atoms. The van der Waals surface area contributed by atoms with E-state index in [9.17, 15) is 4.79 Å². The normalized spacial score (nSPS) is 11.1. The number of oxazole rings is 1. The number of aliphatic carboxylic acids is 1. The Morgan fingerprint density at radius 2 is 2.00 bits per heavy atom. The number of ether oxygens (including phenoxy) is 1. The molecule has 0 fully saturated rings. The molecule has 0 aliphatic heterocycles. The summed E-state index contributed by atoms with van der Waals surface area (Å²) in [5.74, 6) is 1.26. The monoisotopic (exact) mass is 391 g/mol. The van der Waals surface area contributed by atoms with Crippen LogP contribution in [0.25, 0.3) is 22.4 Å². The van der Waals surface area contributed by atoms with E-state index in [1.165, 1.54) is 0 Å². The molecule has 1 N–H and O–H groups in total. The van der Waals surface area contributed by atoms with Gasteiger partial charge in [-0.3, -0.25) is 9.48 Å². The molecule has 0 saturated carbocycles. The number of aromatic nitrogens is 3. The lowest BCUT2D eigenvalue weighted by molar-refractivity contribution is -0.137. The highest BCUT2D eigenvalue weighted by Gasteiger charge is 2.13. The number of fused-ring (bicyclic) bond motifs is 1. The zero-order chi connectivity index (χ0) is 20.2. The Balaban J connectivity index is 1.44. The molecule has 0 aliphatic rings. The maximum absolute atomic E-state index is 10.8. The minimum atomic E-state index is -0.848. The van der Waals surface area contributed by atoms with Crippen molar-refractivity contribution in [1.82, 2.24) is 14.8 Å². The summed E-state index contributed by atoms with van der Waals surface area (Å²) in [6.07, 6.45) is 2.35. The van der Waals surface area contributed by atoms with E-state index < -0.39 is 5.97 Å². The van der Waals surface area contributed by atoms with Gasteiger partial charge in [0.25, 0.3) is 0 Å². The van der Waals surface area contributed by atoms with Gasteiger partial charge in [0.05, 0.1) is 42.4 Å². The molecular formula is C22H21N3O4. The molecule has 0 aliphatic carbocycles. The fraction of sp³-hybridized carbons (Fsp3) is 0.227. The molecule has 0 radical (unpaired) electrons. The smallest absolute Gasteiger partial charge is 0.305 e. The molecule has 4 rings (SSSR count). The average molecular weight is 391 g/mol. The van der Waals surface area contributed by atoms with Crippen LogP contribution in [-0.4, -0.2) is 32.4 Å². The van der Waals surface area contributed by atoms with Crippen LogP contribution in [0.3, 0.4) is 0 Å². The summed E-state index contributed by atoms with van der Waals surface area (Å²) >= 11 is 0. The van der Waals surface area contributed by atoms with Gasteiger partial charge in [-0.05, 0) is 31.2 Å².